The number of piperidine rings is 1. The Kier molecular flexibility index (Phi) is 5.42. The molecule has 1 saturated heterocycles. The van der Waals surface area contributed by atoms with Crippen molar-refractivity contribution in [3.63, 3.8) is 0 Å². The van der Waals surface area contributed by atoms with Gasteiger partial charge in [-0.15, -0.1) is 0 Å². The molecule has 7 heteroatoms. The summed E-state index contributed by atoms with van der Waals surface area (Å²) in [7, 11) is -3.18. The van der Waals surface area contributed by atoms with Crippen LogP contribution >= 0.6 is 0 Å². The molecule has 122 valence electrons. The van der Waals surface area contributed by atoms with Gasteiger partial charge in [-0.2, -0.15) is 0 Å². The van der Waals surface area contributed by atoms with E-state index in [0.29, 0.717) is 19.6 Å². The van der Waals surface area contributed by atoms with E-state index < -0.39 is 10.0 Å². The Morgan fingerprint density at radius 3 is 2.64 bits per heavy atom. The highest BCUT2D eigenvalue weighted by Crippen LogP contribution is 2.17. The van der Waals surface area contributed by atoms with Gasteiger partial charge in [-0.3, -0.25) is 0 Å². The van der Waals surface area contributed by atoms with Crippen LogP contribution in [0.25, 0.3) is 0 Å². The first kappa shape index (κ1) is 16.8. The van der Waals surface area contributed by atoms with E-state index in [-0.39, 0.29) is 11.9 Å². The zero-order valence-corrected chi connectivity index (χ0v) is 13.8. The third-order valence-corrected chi connectivity index (χ3v) is 4.43. The maximum Gasteiger partial charge on any atom is 0.321 e. The van der Waals surface area contributed by atoms with Gasteiger partial charge in [-0.05, 0) is 37.8 Å². The normalized spacial score (nSPS) is 19.0. The smallest absolute Gasteiger partial charge is 0.321 e. The van der Waals surface area contributed by atoms with Crippen molar-refractivity contribution in [1.82, 2.24) is 9.62 Å². The van der Waals surface area contributed by atoms with Gasteiger partial charge in [0, 0.05) is 25.3 Å². The number of rotatable bonds is 4. The quantitative estimate of drug-likeness (QED) is 0.886. The minimum atomic E-state index is -3.18. The summed E-state index contributed by atoms with van der Waals surface area (Å²) in [5.41, 5.74) is 1.91. The monoisotopic (exact) mass is 325 g/mol. The molecule has 2 N–H and O–H groups in total. The number of hydrogen-bond donors (Lipinski definition) is 2. The van der Waals surface area contributed by atoms with E-state index in [1.807, 2.05) is 31.2 Å². The van der Waals surface area contributed by atoms with E-state index >= 15 is 0 Å². The highest BCUT2D eigenvalue weighted by Gasteiger charge is 2.24. The number of nitrogens with one attached hydrogen (secondary N) is 2. The molecule has 1 heterocycles. The van der Waals surface area contributed by atoms with E-state index in [4.69, 9.17) is 0 Å². The van der Waals surface area contributed by atoms with Crippen LogP contribution in [0.2, 0.25) is 0 Å². The Morgan fingerprint density at radius 1 is 1.32 bits per heavy atom. The number of hydrogen-bond acceptors (Lipinski definition) is 3. The molecule has 1 aromatic rings. The lowest BCUT2D eigenvalue weighted by Crippen LogP contribution is -2.45. The van der Waals surface area contributed by atoms with Crippen molar-refractivity contribution in [2.75, 3.05) is 31.2 Å². The third-order valence-electron chi connectivity index (χ3n) is 3.74. The molecule has 0 aliphatic carbocycles. The van der Waals surface area contributed by atoms with Crippen LogP contribution in [0.5, 0.6) is 0 Å². The molecule has 2 rings (SSSR count). The number of carbonyl (C=O) groups excluding carboxylic acids is 1. The number of urea groups is 1. The number of likely N-dealkylation sites (tertiary alicyclic amines) is 1. The summed E-state index contributed by atoms with van der Waals surface area (Å²) >= 11 is 0. The lowest BCUT2D eigenvalue weighted by atomic mass is 9.99. The molecule has 6 nitrogen and oxygen atoms in total. The standard InChI is InChI=1S/C15H23N3O3S/c1-12-5-7-14(8-6-12)17-15(19)18-9-3-4-13(11-18)10-16-22(2,20)21/h5-8,13,16H,3-4,9-11H2,1-2H3,(H,17,19)/t13-/m1/s1. The average molecular weight is 325 g/mol. The van der Waals surface area contributed by atoms with Crippen LogP contribution in [0, 0.1) is 12.8 Å². The fraction of sp³-hybridized carbons (Fsp3) is 0.533. The fourth-order valence-electron chi connectivity index (χ4n) is 2.52. The van der Waals surface area contributed by atoms with Crippen molar-refractivity contribution in [3.8, 4) is 0 Å². The number of nitrogens with zero attached hydrogens (tertiary/aromatic N) is 1. The molecule has 0 aromatic heterocycles. The van der Waals surface area contributed by atoms with Crippen LogP contribution in [-0.2, 0) is 10.0 Å². The lowest BCUT2D eigenvalue weighted by molar-refractivity contribution is 0.178. The maximum atomic E-state index is 12.3. The minimum Gasteiger partial charge on any atom is -0.324 e. The molecule has 2 amide bonds. The highest BCUT2D eigenvalue weighted by molar-refractivity contribution is 7.88. The second-order valence-electron chi connectivity index (χ2n) is 5.87. The number of benzene rings is 1. The fourth-order valence-corrected chi connectivity index (χ4v) is 3.06. The Hall–Kier alpha value is -1.60. The highest BCUT2D eigenvalue weighted by atomic mass is 32.2. The van der Waals surface area contributed by atoms with E-state index in [0.717, 1.165) is 30.3 Å². The Balaban J connectivity index is 1.88. The molecule has 1 aliphatic heterocycles. The van der Waals surface area contributed by atoms with Gasteiger partial charge in [-0.25, -0.2) is 17.9 Å². The van der Waals surface area contributed by atoms with Crippen LogP contribution in [0.3, 0.4) is 0 Å². The zero-order valence-electron chi connectivity index (χ0n) is 13.0. The van der Waals surface area contributed by atoms with E-state index in [1.165, 1.54) is 0 Å². The van der Waals surface area contributed by atoms with Gasteiger partial charge >= 0.3 is 6.03 Å². The van der Waals surface area contributed by atoms with E-state index in [9.17, 15) is 13.2 Å². The molecule has 0 radical (unpaired) electrons. The first-order valence-electron chi connectivity index (χ1n) is 7.41. The average Bonchev–Trinajstić information content (AvgIpc) is 2.47. The van der Waals surface area contributed by atoms with Gasteiger partial charge in [0.15, 0.2) is 0 Å². The molecule has 1 atom stereocenters. The molecule has 0 saturated carbocycles. The maximum absolute atomic E-state index is 12.3. The Morgan fingerprint density at radius 2 is 2.00 bits per heavy atom. The van der Waals surface area contributed by atoms with E-state index in [1.54, 1.807) is 4.90 Å². The van der Waals surface area contributed by atoms with Gasteiger partial charge in [-0.1, -0.05) is 17.7 Å². The summed E-state index contributed by atoms with van der Waals surface area (Å²) in [4.78, 5) is 14.0. The number of amides is 2. The molecular weight excluding hydrogens is 302 g/mol. The SMILES string of the molecule is Cc1ccc(NC(=O)N2CCC[C@H](CNS(C)(=O)=O)C2)cc1. The molecule has 0 spiro atoms. The van der Waals surface area contributed by atoms with E-state index in [2.05, 4.69) is 10.0 Å². The van der Waals surface area contributed by atoms with Crippen molar-refractivity contribution < 1.29 is 13.2 Å². The summed E-state index contributed by atoms with van der Waals surface area (Å²) in [6.07, 6.45) is 2.96. The second-order valence-corrected chi connectivity index (χ2v) is 7.70. The van der Waals surface area contributed by atoms with Gasteiger partial charge in [0.1, 0.15) is 0 Å². The lowest BCUT2D eigenvalue weighted by Gasteiger charge is -2.32. The van der Waals surface area contributed by atoms with Crippen molar-refractivity contribution in [2.45, 2.75) is 19.8 Å². The molecule has 1 fully saturated rings. The largest absolute Gasteiger partial charge is 0.324 e. The predicted molar refractivity (Wildman–Crippen MR) is 87.3 cm³/mol. The molecule has 22 heavy (non-hydrogen) atoms. The Labute approximate surface area is 131 Å². The molecule has 0 bridgehead atoms. The second kappa shape index (κ2) is 7.11. The van der Waals surface area contributed by atoms with Crippen LogP contribution in [0.1, 0.15) is 18.4 Å². The summed E-state index contributed by atoms with van der Waals surface area (Å²) in [6, 6.07) is 7.52. The number of carbonyl (C=O) groups is 1. The molecule has 1 aliphatic rings. The van der Waals surface area contributed by atoms with Crippen molar-refractivity contribution in [3.05, 3.63) is 29.8 Å². The minimum absolute atomic E-state index is 0.132. The first-order valence-corrected chi connectivity index (χ1v) is 9.30. The Bertz CT molecular complexity index is 613. The van der Waals surface area contributed by atoms with Crippen LogP contribution < -0.4 is 10.0 Å². The number of aryl methyl sites for hydroxylation is 1. The first-order chi connectivity index (χ1) is 10.3. The molecule has 1 aromatic carbocycles. The third kappa shape index (κ3) is 5.31. The van der Waals surface area contributed by atoms with Crippen molar-refractivity contribution in [2.24, 2.45) is 5.92 Å². The van der Waals surface area contributed by atoms with Crippen molar-refractivity contribution >= 4 is 21.7 Å². The van der Waals surface area contributed by atoms with Crippen LogP contribution in [0.4, 0.5) is 10.5 Å². The summed E-state index contributed by atoms with van der Waals surface area (Å²) < 4.78 is 24.8. The van der Waals surface area contributed by atoms with Crippen LogP contribution in [0.15, 0.2) is 24.3 Å². The summed E-state index contributed by atoms with van der Waals surface area (Å²) in [5, 5.41) is 2.88. The topological polar surface area (TPSA) is 78.5 Å². The van der Waals surface area contributed by atoms with Gasteiger partial charge < -0.3 is 10.2 Å². The summed E-state index contributed by atoms with van der Waals surface area (Å²) in [6.45, 7) is 3.65. The van der Waals surface area contributed by atoms with Crippen LogP contribution in [-0.4, -0.2) is 45.2 Å². The number of sulfonamides is 1. The molecule has 0 unspecified atom stereocenters. The van der Waals surface area contributed by atoms with Gasteiger partial charge in [0.2, 0.25) is 10.0 Å². The van der Waals surface area contributed by atoms with Crippen molar-refractivity contribution in [1.29, 1.82) is 0 Å². The molecular formula is C15H23N3O3S. The van der Waals surface area contributed by atoms with Gasteiger partial charge in [0.05, 0.1) is 6.26 Å². The summed E-state index contributed by atoms with van der Waals surface area (Å²) in [5.74, 6) is 0.159. The number of anilines is 1. The zero-order chi connectivity index (χ0) is 16.2. The van der Waals surface area contributed by atoms with Gasteiger partial charge in [0.25, 0.3) is 0 Å². The predicted octanol–water partition coefficient (Wildman–Crippen LogP) is 1.79.